The van der Waals surface area contributed by atoms with Crippen molar-refractivity contribution in [2.24, 2.45) is 0 Å². The summed E-state index contributed by atoms with van der Waals surface area (Å²) < 4.78 is 60.6. The van der Waals surface area contributed by atoms with Crippen molar-refractivity contribution in [3.05, 3.63) is 262 Å². The minimum atomic E-state index is -2.22. The van der Waals surface area contributed by atoms with Gasteiger partial charge in [-0.2, -0.15) is 4.98 Å². The molecule has 10 aromatic rings. The zero-order chi connectivity index (χ0) is 72.8. The number of aromatic nitrogens is 6. The van der Waals surface area contributed by atoms with Gasteiger partial charge in [0, 0.05) is 57.1 Å². The van der Waals surface area contributed by atoms with Crippen molar-refractivity contribution in [1.82, 2.24) is 39.3 Å². The van der Waals surface area contributed by atoms with Crippen LogP contribution in [0.1, 0.15) is 107 Å². The smallest absolute Gasteiger partial charge is 0.409 e. The third kappa shape index (κ3) is 17.0. The molecule has 3 unspecified atom stereocenters. The second-order valence-corrected chi connectivity index (χ2v) is 26.8. The van der Waals surface area contributed by atoms with Crippen LogP contribution < -0.4 is 31.1 Å². The van der Waals surface area contributed by atoms with Gasteiger partial charge in [-0.1, -0.05) is 153 Å². The molecular formula is C79H81N10O15P. The number of nitrogens with zero attached hydrogens (tertiary/aromatic N) is 7. The number of aliphatic hydroxyl groups excluding tert-OH is 1. The van der Waals surface area contributed by atoms with Crippen molar-refractivity contribution in [3.63, 3.8) is 0 Å². The third-order valence-electron chi connectivity index (χ3n) is 18.8. The first-order valence-electron chi connectivity index (χ1n) is 34.8. The molecule has 7 aromatic carbocycles. The first-order chi connectivity index (χ1) is 51.2. The van der Waals surface area contributed by atoms with Crippen molar-refractivity contribution in [1.29, 1.82) is 0 Å². The van der Waals surface area contributed by atoms with Crippen molar-refractivity contribution < 1.29 is 66.3 Å². The summed E-state index contributed by atoms with van der Waals surface area (Å²) >= 11 is 0. The van der Waals surface area contributed by atoms with Gasteiger partial charge in [-0.15, -0.1) is 0 Å². The highest BCUT2D eigenvalue weighted by molar-refractivity contribution is 7.41. The third-order valence-corrected chi connectivity index (χ3v) is 20.0. The van der Waals surface area contributed by atoms with Gasteiger partial charge >= 0.3 is 20.4 Å². The van der Waals surface area contributed by atoms with E-state index in [1.807, 2.05) is 140 Å². The normalized spacial score (nSPS) is 17.9. The first-order valence-corrected chi connectivity index (χ1v) is 35.9. The van der Waals surface area contributed by atoms with E-state index >= 15 is 0 Å². The summed E-state index contributed by atoms with van der Waals surface area (Å²) in [5.41, 5.74) is 7.54. The van der Waals surface area contributed by atoms with Crippen LogP contribution in [0, 0.1) is 0 Å². The molecule has 542 valence electrons. The van der Waals surface area contributed by atoms with Crippen molar-refractivity contribution in [2.45, 2.75) is 100 Å². The summed E-state index contributed by atoms with van der Waals surface area (Å²) in [6, 6.07) is 59.1. The van der Waals surface area contributed by atoms with Crippen LogP contribution in [0.3, 0.4) is 0 Å². The number of ether oxygens (including phenoxy) is 6. The Labute approximate surface area is 607 Å². The lowest BCUT2D eigenvalue weighted by atomic mass is 9.80. The lowest BCUT2D eigenvalue weighted by Gasteiger charge is -2.37. The van der Waals surface area contributed by atoms with E-state index in [1.165, 1.54) is 28.1 Å². The average Bonchev–Trinajstić information content (AvgIpc) is 1.76. The van der Waals surface area contributed by atoms with Crippen LogP contribution in [0.15, 0.2) is 212 Å². The number of aliphatic hydroxyl groups is 1. The van der Waals surface area contributed by atoms with E-state index in [0.717, 1.165) is 50.1 Å². The summed E-state index contributed by atoms with van der Waals surface area (Å²) in [5.74, 6) is 0.412. The Bertz CT molecular complexity index is 4600. The maximum atomic E-state index is 13.7. The van der Waals surface area contributed by atoms with Gasteiger partial charge in [0.05, 0.1) is 59.0 Å². The topological polar surface area (TPSA) is 289 Å². The molecule has 3 aromatic heterocycles. The van der Waals surface area contributed by atoms with Crippen LogP contribution in [-0.2, 0) is 60.7 Å². The van der Waals surface area contributed by atoms with E-state index in [9.17, 15) is 29.1 Å². The zero-order valence-corrected chi connectivity index (χ0v) is 59.3. The predicted molar refractivity (Wildman–Crippen MR) is 391 cm³/mol. The number of hydrogen-bond donors (Lipinski definition) is 4. The molecule has 0 saturated carbocycles. The Morgan fingerprint density at radius 3 is 1.97 bits per heavy atom. The second-order valence-electron chi connectivity index (χ2n) is 25.6. The number of fused-ring (bicyclic) bond motifs is 4. The molecule has 0 spiro atoms. The van der Waals surface area contributed by atoms with Gasteiger partial charge in [0.25, 0.3) is 5.91 Å². The van der Waals surface area contributed by atoms with Crippen molar-refractivity contribution >= 4 is 55.2 Å². The molecule has 1 aliphatic carbocycles. The number of benzene rings is 7. The van der Waals surface area contributed by atoms with Gasteiger partial charge in [-0.05, 0) is 105 Å². The minimum Gasteiger partial charge on any atom is -0.497 e. The van der Waals surface area contributed by atoms with Crippen LogP contribution >= 0.6 is 8.60 Å². The zero-order valence-electron chi connectivity index (χ0n) is 58.4. The van der Waals surface area contributed by atoms with Crippen LogP contribution in [0.25, 0.3) is 22.3 Å². The summed E-state index contributed by atoms with van der Waals surface area (Å²) in [7, 11) is 2.64. The average molecular weight is 1440 g/mol. The molecule has 5 heterocycles. The fourth-order valence-electron chi connectivity index (χ4n) is 13.3. The molecule has 13 rings (SSSR count). The number of imidazole rings is 1. The van der Waals surface area contributed by atoms with E-state index in [2.05, 4.69) is 55.2 Å². The molecule has 4 amide bonds. The monoisotopic (exact) mass is 1440 g/mol. The van der Waals surface area contributed by atoms with Crippen molar-refractivity contribution in [2.75, 3.05) is 64.9 Å². The van der Waals surface area contributed by atoms with E-state index in [1.54, 1.807) is 56.4 Å². The molecule has 4 N–H and O–H groups in total. The fourth-order valence-corrected chi connectivity index (χ4v) is 14.5. The SMILES string of the molecule is CCCOP(OC[C@H]1O[C@@H](n2ccc(NC(=O)c3ccc(CNC(=O)Cc4ccccc4)cc3)nc2=O)CC1O)OC1C[C@H](n2cnc3c(NC(=O)CCCN(C)C(=O)OCC4c5ccccc5-c5ccccc54)ncnc32)O[C@@H]1COC(c1ccccc1)(c1ccc(OC)cc1)c1ccc(OC)cc1. The molecule has 2 aliphatic heterocycles. The summed E-state index contributed by atoms with van der Waals surface area (Å²) in [5, 5.41) is 20.0. The molecule has 25 nitrogen and oxygen atoms in total. The Balaban J connectivity index is 0.687. The summed E-state index contributed by atoms with van der Waals surface area (Å²) in [6.07, 6.45) is -0.163. The van der Waals surface area contributed by atoms with Gasteiger partial charge < -0.3 is 67.9 Å². The summed E-state index contributed by atoms with van der Waals surface area (Å²) in [6.45, 7) is 2.61. The minimum absolute atomic E-state index is 0.00748. The number of carbonyl (C=O) groups is 4. The van der Waals surface area contributed by atoms with E-state index in [4.69, 9.17) is 47.0 Å². The highest BCUT2D eigenvalue weighted by atomic mass is 31.2. The van der Waals surface area contributed by atoms with E-state index < -0.39 is 68.8 Å². The largest absolute Gasteiger partial charge is 0.497 e. The number of anilines is 2. The van der Waals surface area contributed by atoms with Crippen LogP contribution in [-0.4, -0.2) is 142 Å². The van der Waals surface area contributed by atoms with Crippen LogP contribution in [0.5, 0.6) is 11.5 Å². The maximum absolute atomic E-state index is 13.7. The highest BCUT2D eigenvalue weighted by Crippen LogP contribution is 2.49. The molecule has 0 radical (unpaired) electrons. The van der Waals surface area contributed by atoms with Crippen LogP contribution in [0.4, 0.5) is 16.4 Å². The van der Waals surface area contributed by atoms with E-state index in [0.29, 0.717) is 41.1 Å². The molecule has 26 heteroatoms. The maximum Gasteiger partial charge on any atom is 0.409 e. The number of carbonyl (C=O) groups excluding carboxylic acids is 4. The van der Waals surface area contributed by atoms with Gasteiger partial charge in [0.2, 0.25) is 11.8 Å². The first kappa shape index (κ1) is 72.7. The van der Waals surface area contributed by atoms with Crippen molar-refractivity contribution in [3.8, 4) is 22.6 Å². The fraction of sp³-hybridized carbons (Fsp3) is 0.304. The van der Waals surface area contributed by atoms with Crippen LogP contribution in [0.2, 0.25) is 0 Å². The van der Waals surface area contributed by atoms with Gasteiger partial charge in [0.1, 0.15) is 60.5 Å². The molecule has 2 saturated heterocycles. The summed E-state index contributed by atoms with van der Waals surface area (Å²) in [4.78, 5) is 85.9. The number of rotatable bonds is 31. The van der Waals surface area contributed by atoms with E-state index in [-0.39, 0.29) is 94.6 Å². The molecule has 0 bridgehead atoms. The Kier molecular flexibility index (Phi) is 23.5. The van der Waals surface area contributed by atoms with Gasteiger partial charge in [-0.25, -0.2) is 24.5 Å². The number of methoxy groups -OCH3 is 2. The Hall–Kier alpha value is -10.6. The Morgan fingerprint density at radius 2 is 1.30 bits per heavy atom. The lowest BCUT2D eigenvalue weighted by Crippen LogP contribution is -2.38. The standard InChI is InChI=1S/C79H81N10O15P/c1-5-41-100-105(101-48-66-64(90)43-71(102-66)88-40-38-68(85-77(88)94)84-76(93)53-28-26-52(27-29-53)45-80-70(92)42-51-17-8-6-9-18-51)104-65-44-72(103-67(65)47-99-79(54-19-10-7-11-20-54,55-30-34-57(96-3)35-31-55)56-32-36-58(97-4)37-33-56)89-50-83-73-74(81-49-82-75(73)89)86-69(91)25-16-39-87(2)78(95)98-46-63-61-23-14-12-21-59(61)60-22-13-15-24-62(60)63/h6-15,17-24,26-38,40,49-50,63-67,71-72,90H,5,16,25,39,41-48H2,1-4H3,(H,80,92)(H,81,82,86,91)(H,84,85,93,94)/t64?,65?,66-,67-,71-,72-,105?/m1/s1. The number of nitrogens with one attached hydrogen (secondary N) is 3. The molecule has 3 aliphatic rings. The van der Waals surface area contributed by atoms with Gasteiger partial charge in [-0.3, -0.25) is 23.5 Å². The Morgan fingerprint density at radius 1 is 0.667 bits per heavy atom. The predicted octanol–water partition coefficient (Wildman–Crippen LogP) is 11.8. The molecule has 105 heavy (non-hydrogen) atoms. The molecule has 2 fully saturated rings. The number of hydrogen-bond acceptors (Lipinski definition) is 19. The van der Waals surface area contributed by atoms with Gasteiger partial charge in [0.15, 0.2) is 17.0 Å². The lowest BCUT2D eigenvalue weighted by molar-refractivity contribution is -0.120. The number of amides is 4. The molecule has 7 atom stereocenters. The second kappa shape index (κ2) is 33.9. The molecular weight excluding hydrogens is 1360 g/mol. The quantitative estimate of drug-likeness (QED) is 0.0232. The highest BCUT2D eigenvalue weighted by Gasteiger charge is 2.46.